The molecule has 0 saturated carbocycles. The molecule has 128 valence electrons. The van der Waals surface area contributed by atoms with Crippen LogP contribution in [0.4, 0.5) is 0 Å². The van der Waals surface area contributed by atoms with Gasteiger partial charge in [0.2, 0.25) is 15.8 Å². The third-order valence-electron chi connectivity index (χ3n) is 3.24. The van der Waals surface area contributed by atoms with E-state index in [0.717, 1.165) is 4.31 Å². The van der Waals surface area contributed by atoms with Crippen LogP contribution in [0.1, 0.15) is 16.1 Å². The zero-order chi connectivity index (χ0) is 17.7. The summed E-state index contributed by atoms with van der Waals surface area (Å²) >= 11 is 6.07. The molecule has 0 aliphatic carbocycles. The molecule has 0 unspecified atom stereocenters. The lowest BCUT2D eigenvalue weighted by Gasteiger charge is -2.13. The zero-order valence-corrected chi connectivity index (χ0v) is 14.8. The predicted molar refractivity (Wildman–Crippen MR) is 90.5 cm³/mol. The van der Waals surface area contributed by atoms with E-state index in [4.69, 9.17) is 16.3 Å². The van der Waals surface area contributed by atoms with Crippen LogP contribution in [0.2, 0.25) is 5.02 Å². The molecule has 2 aromatic rings. The first-order chi connectivity index (χ1) is 11.3. The molecule has 0 radical (unpaired) electrons. The van der Waals surface area contributed by atoms with Gasteiger partial charge in [0.1, 0.15) is 12.3 Å². The fourth-order valence-corrected chi connectivity index (χ4v) is 3.01. The largest absolute Gasteiger partial charge is 0.368 e. The highest BCUT2D eigenvalue weighted by Gasteiger charge is 2.18. The number of benzene rings is 1. The Bertz CT molecular complexity index is 823. The molecule has 6 nitrogen and oxygen atoms in total. The third kappa shape index (κ3) is 4.39. The van der Waals surface area contributed by atoms with Gasteiger partial charge in [-0.25, -0.2) is 12.7 Å². The van der Waals surface area contributed by atoms with Gasteiger partial charge in [-0.3, -0.25) is 9.78 Å². The van der Waals surface area contributed by atoms with Crippen LogP contribution >= 0.6 is 11.6 Å². The van der Waals surface area contributed by atoms with E-state index < -0.39 is 10.0 Å². The molecule has 1 aromatic heterocycles. The van der Waals surface area contributed by atoms with E-state index in [1.54, 1.807) is 18.2 Å². The molecule has 0 atom stereocenters. The maximum Gasteiger partial charge on any atom is 0.242 e. The lowest BCUT2D eigenvalue weighted by Crippen LogP contribution is -2.22. The Morgan fingerprint density at radius 1 is 1.25 bits per heavy atom. The van der Waals surface area contributed by atoms with Crippen molar-refractivity contribution in [3.8, 4) is 0 Å². The molecule has 0 bridgehead atoms. The molecular formula is C16H17ClN2O4S. The molecular weight excluding hydrogens is 352 g/mol. The molecule has 2 rings (SSSR count). The Balaban J connectivity index is 2.06. The average Bonchev–Trinajstić information content (AvgIpc) is 2.56. The maximum atomic E-state index is 12.1. The molecule has 0 fully saturated rings. The van der Waals surface area contributed by atoms with E-state index in [0.29, 0.717) is 16.3 Å². The van der Waals surface area contributed by atoms with E-state index >= 15 is 0 Å². The van der Waals surface area contributed by atoms with E-state index in [2.05, 4.69) is 4.98 Å². The van der Waals surface area contributed by atoms with Gasteiger partial charge in [0.05, 0.1) is 11.5 Å². The summed E-state index contributed by atoms with van der Waals surface area (Å²) < 4.78 is 30.8. The number of carbonyl (C=O) groups is 1. The zero-order valence-electron chi connectivity index (χ0n) is 13.3. The number of ether oxygens (including phenoxy) is 1. The number of ketones is 1. The highest BCUT2D eigenvalue weighted by molar-refractivity contribution is 7.89. The van der Waals surface area contributed by atoms with Crippen LogP contribution in [0.3, 0.4) is 0 Å². The third-order valence-corrected chi connectivity index (χ3v) is 5.42. The minimum absolute atomic E-state index is 0.0220. The Hall–Kier alpha value is -1.80. The molecule has 0 aliphatic heterocycles. The number of hydrogen-bond acceptors (Lipinski definition) is 5. The predicted octanol–water partition coefficient (Wildman–Crippen LogP) is 2.38. The second kappa shape index (κ2) is 7.85. The molecule has 0 aliphatic rings. The summed E-state index contributed by atoms with van der Waals surface area (Å²) in [5.41, 5.74) is 0.806. The lowest BCUT2D eigenvalue weighted by atomic mass is 10.2. The van der Waals surface area contributed by atoms with Crippen molar-refractivity contribution in [2.24, 2.45) is 0 Å². The Morgan fingerprint density at radius 2 is 2.00 bits per heavy atom. The van der Waals surface area contributed by atoms with Gasteiger partial charge < -0.3 is 4.74 Å². The summed E-state index contributed by atoms with van der Waals surface area (Å²) in [6, 6.07) is 9.41. The van der Waals surface area contributed by atoms with Crippen molar-refractivity contribution in [2.75, 3.05) is 20.7 Å². The van der Waals surface area contributed by atoms with Gasteiger partial charge >= 0.3 is 0 Å². The average molecular weight is 369 g/mol. The van der Waals surface area contributed by atoms with Crippen LogP contribution in [0.15, 0.2) is 47.5 Å². The highest BCUT2D eigenvalue weighted by Crippen LogP contribution is 2.22. The second-order valence-electron chi connectivity index (χ2n) is 5.17. The van der Waals surface area contributed by atoms with E-state index in [1.165, 1.54) is 38.5 Å². The van der Waals surface area contributed by atoms with Crippen molar-refractivity contribution in [1.82, 2.24) is 9.29 Å². The first-order valence-corrected chi connectivity index (χ1v) is 8.87. The van der Waals surface area contributed by atoms with Gasteiger partial charge in [-0.15, -0.1) is 0 Å². The number of halogens is 1. The van der Waals surface area contributed by atoms with Gasteiger partial charge in [-0.05, 0) is 35.9 Å². The van der Waals surface area contributed by atoms with Gasteiger partial charge in [0.15, 0.2) is 0 Å². The van der Waals surface area contributed by atoms with Crippen LogP contribution in [0.5, 0.6) is 0 Å². The van der Waals surface area contributed by atoms with Gasteiger partial charge in [0, 0.05) is 25.3 Å². The number of carbonyl (C=O) groups excluding carboxylic acids is 1. The number of nitrogens with zero attached hydrogens (tertiary/aromatic N) is 2. The van der Waals surface area contributed by atoms with Crippen molar-refractivity contribution < 1.29 is 17.9 Å². The molecule has 0 amide bonds. The highest BCUT2D eigenvalue weighted by atomic mass is 35.5. The van der Waals surface area contributed by atoms with Crippen LogP contribution in [0, 0.1) is 0 Å². The van der Waals surface area contributed by atoms with Crippen LogP contribution < -0.4 is 0 Å². The Morgan fingerprint density at radius 3 is 2.62 bits per heavy atom. The summed E-state index contributed by atoms with van der Waals surface area (Å²) in [6.07, 6.45) is 1.53. The van der Waals surface area contributed by atoms with Gasteiger partial charge in [-0.2, -0.15) is 0 Å². The van der Waals surface area contributed by atoms with Crippen LogP contribution in [-0.4, -0.2) is 44.2 Å². The SMILES string of the molecule is CN(C)S(=O)(=O)c1ccc(Cl)c(COCC(=O)c2ccccn2)c1. The molecule has 1 aromatic carbocycles. The minimum atomic E-state index is -3.56. The van der Waals surface area contributed by atoms with E-state index in [9.17, 15) is 13.2 Å². The van der Waals surface area contributed by atoms with Crippen molar-refractivity contribution >= 4 is 27.4 Å². The first kappa shape index (κ1) is 18.5. The number of pyridine rings is 1. The molecule has 0 spiro atoms. The van der Waals surface area contributed by atoms with Crippen molar-refractivity contribution in [1.29, 1.82) is 0 Å². The fourth-order valence-electron chi connectivity index (χ4n) is 1.89. The number of hydrogen-bond donors (Lipinski definition) is 0. The molecule has 0 saturated heterocycles. The Kier molecular flexibility index (Phi) is 6.06. The summed E-state index contributed by atoms with van der Waals surface area (Å²) in [4.78, 5) is 16.0. The first-order valence-electron chi connectivity index (χ1n) is 7.05. The molecule has 0 N–H and O–H groups in total. The summed E-state index contributed by atoms with van der Waals surface area (Å²) in [6.45, 7) is -0.147. The molecule has 1 heterocycles. The number of Topliss-reactive ketones (excluding diaryl/α,β-unsaturated/α-hetero) is 1. The molecule has 24 heavy (non-hydrogen) atoms. The Labute approximate surface area is 146 Å². The second-order valence-corrected chi connectivity index (χ2v) is 7.73. The van der Waals surface area contributed by atoms with Crippen molar-refractivity contribution in [3.63, 3.8) is 0 Å². The molecule has 8 heteroatoms. The smallest absolute Gasteiger partial charge is 0.242 e. The number of rotatable bonds is 7. The van der Waals surface area contributed by atoms with Gasteiger partial charge in [0.25, 0.3) is 0 Å². The monoisotopic (exact) mass is 368 g/mol. The lowest BCUT2D eigenvalue weighted by molar-refractivity contribution is 0.0721. The van der Waals surface area contributed by atoms with Crippen LogP contribution in [-0.2, 0) is 21.4 Å². The summed E-state index contributed by atoms with van der Waals surface area (Å²) in [5, 5.41) is 0.373. The fraction of sp³-hybridized carbons (Fsp3) is 0.250. The van der Waals surface area contributed by atoms with Crippen LogP contribution in [0.25, 0.3) is 0 Å². The number of aromatic nitrogens is 1. The summed E-state index contributed by atoms with van der Waals surface area (Å²) in [7, 11) is -0.658. The maximum absolute atomic E-state index is 12.1. The summed E-state index contributed by atoms with van der Waals surface area (Å²) in [5.74, 6) is -0.260. The van der Waals surface area contributed by atoms with E-state index in [1.807, 2.05) is 0 Å². The van der Waals surface area contributed by atoms with Gasteiger partial charge in [-0.1, -0.05) is 17.7 Å². The van der Waals surface area contributed by atoms with E-state index in [-0.39, 0.29) is 23.9 Å². The normalized spacial score (nSPS) is 11.7. The standard InChI is InChI=1S/C16H17ClN2O4S/c1-19(2)24(21,22)13-6-7-14(17)12(9-13)10-23-11-16(20)15-5-3-4-8-18-15/h3-9H,10-11H2,1-2H3. The van der Waals surface area contributed by atoms with Crippen molar-refractivity contribution in [2.45, 2.75) is 11.5 Å². The van der Waals surface area contributed by atoms with Crippen molar-refractivity contribution in [3.05, 3.63) is 58.9 Å². The number of sulfonamides is 1. The minimum Gasteiger partial charge on any atom is -0.368 e. The topological polar surface area (TPSA) is 76.6 Å². The quantitative estimate of drug-likeness (QED) is 0.701.